The van der Waals surface area contributed by atoms with E-state index in [-0.39, 0.29) is 17.0 Å². The average molecular weight is 290 g/mol. The van der Waals surface area contributed by atoms with Crippen LogP contribution in [0.3, 0.4) is 0 Å². The Balaban J connectivity index is 2.58. The fourth-order valence-electron chi connectivity index (χ4n) is 3.40. The van der Waals surface area contributed by atoms with E-state index in [1.54, 1.807) is 12.1 Å². The maximum absolute atomic E-state index is 12.7. The zero-order valence-corrected chi connectivity index (χ0v) is 13.2. The van der Waals surface area contributed by atoms with E-state index in [1.807, 2.05) is 34.7 Å². The quantitative estimate of drug-likeness (QED) is 0.905. The zero-order chi connectivity index (χ0) is 16.0. The normalized spacial score (nSPS) is 24.8. The highest BCUT2D eigenvalue weighted by Crippen LogP contribution is 2.44. The number of carbonyl (C=O) groups is 2. The number of nitrogens with zero attached hydrogens (tertiary/aromatic N) is 2. The van der Waals surface area contributed by atoms with Crippen LogP contribution in [0.4, 0.5) is 0 Å². The highest BCUT2D eigenvalue weighted by atomic mass is 16.4. The Morgan fingerprint density at radius 1 is 1.38 bits per heavy atom. The summed E-state index contributed by atoms with van der Waals surface area (Å²) >= 11 is 0. The number of likely N-dealkylation sites (N-methyl/N-ethyl adjacent to an activating group) is 1. The van der Waals surface area contributed by atoms with Gasteiger partial charge in [-0.25, -0.2) is 9.78 Å². The van der Waals surface area contributed by atoms with Crippen LogP contribution in [0, 0.1) is 0 Å². The van der Waals surface area contributed by atoms with Crippen LogP contribution in [0.2, 0.25) is 0 Å². The van der Waals surface area contributed by atoms with Gasteiger partial charge >= 0.3 is 5.97 Å². The number of piperidine rings is 1. The summed E-state index contributed by atoms with van der Waals surface area (Å²) in [5.74, 6) is -1.52. The molecule has 0 spiro atoms. The Kier molecular flexibility index (Phi) is 3.66. The van der Waals surface area contributed by atoms with E-state index in [4.69, 9.17) is 0 Å². The lowest BCUT2D eigenvalue weighted by Crippen LogP contribution is -2.62. The Morgan fingerprint density at radius 3 is 2.57 bits per heavy atom. The fourth-order valence-corrected chi connectivity index (χ4v) is 3.40. The molecule has 1 unspecified atom stereocenters. The van der Waals surface area contributed by atoms with Crippen molar-refractivity contribution >= 4 is 11.8 Å². The second-order valence-corrected chi connectivity index (χ2v) is 6.85. The molecule has 1 N–H and O–H groups in total. The first-order valence-corrected chi connectivity index (χ1v) is 7.04. The molecule has 114 valence electrons. The molecule has 1 aromatic heterocycles. The third kappa shape index (κ3) is 2.46. The number of carboxylic acid groups (broad SMARTS) is 1. The van der Waals surface area contributed by atoms with Gasteiger partial charge in [-0.2, -0.15) is 0 Å². The molecule has 5 heteroatoms. The number of aromatic carboxylic acids is 1. The molecule has 5 nitrogen and oxygen atoms in total. The van der Waals surface area contributed by atoms with E-state index in [1.165, 1.54) is 6.20 Å². The first-order valence-electron chi connectivity index (χ1n) is 7.04. The molecule has 0 saturated carbocycles. The predicted molar refractivity (Wildman–Crippen MR) is 79.5 cm³/mol. The van der Waals surface area contributed by atoms with Crippen LogP contribution in [0.5, 0.6) is 0 Å². The molecule has 21 heavy (non-hydrogen) atoms. The number of likely N-dealkylation sites (tertiary alicyclic amines) is 1. The molecule has 0 radical (unpaired) electrons. The number of hydrogen-bond donors (Lipinski definition) is 1. The van der Waals surface area contributed by atoms with E-state index in [0.717, 1.165) is 0 Å². The Morgan fingerprint density at radius 2 is 2.00 bits per heavy atom. The summed E-state index contributed by atoms with van der Waals surface area (Å²) in [6.07, 6.45) is 1.84. The molecule has 0 amide bonds. The van der Waals surface area contributed by atoms with Gasteiger partial charge in [0, 0.05) is 23.7 Å². The summed E-state index contributed by atoms with van der Waals surface area (Å²) in [6, 6.07) is 3.39. The smallest absolute Gasteiger partial charge is 0.354 e. The van der Waals surface area contributed by atoms with Crippen LogP contribution in [-0.4, -0.2) is 44.9 Å². The monoisotopic (exact) mass is 290 g/mol. The van der Waals surface area contributed by atoms with Gasteiger partial charge in [-0.1, -0.05) is 6.07 Å². The Hall–Kier alpha value is -1.75. The lowest BCUT2D eigenvalue weighted by Gasteiger charge is -2.54. The van der Waals surface area contributed by atoms with Crippen molar-refractivity contribution < 1.29 is 14.7 Å². The average Bonchev–Trinajstić information content (AvgIpc) is 2.36. The van der Waals surface area contributed by atoms with E-state index < -0.39 is 17.4 Å². The standard InChI is InChI=1S/C16H22N2O3/c1-15(2)9-11(19)12(16(3,4)18(15)5)10-7-6-8-17-13(10)14(20)21/h6-8,12H,9H2,1-5H3,(H,20,21). The summed E-state index contributed by atoms with van der Waals surface area (Å²) in [5.41, 5.74) is -0.256. The summed E-state index contributed by atoms with van der Waals surface area (Å²) < 4.78 is 0. The van der Waals surface area contributed by atoms with Crippen molar-refractivity contribution in [3.05, 3.63) is 29.6 Å². The fraction of sp³-hybridized carbons (Fsp3) is 0.562. The molecule has 1 saturated heterocycles. The summed E-state index contributed by atoms with van der Waals surface area (Å²) in [7, 11) is 1.98. The topological polar surface area (TPSA) is 70.5 Å². The largest absolute Gasteiger partial charge is 0.477 e. The second kappa shape index (κ2) is 4.91. The molecular formula is C16H22N2O3. The molecule has 1 aromatic rings. The highest BCUT2D eigenvalue weighted by molar-refractivity contribution is 5.94. The van der Waals surface area contributed by atoms with E-state index in [9.17, 15) is 14.7 Å². The van der Waals surface area contributed by atoms with Crippen molar-refractivity contribution in [1.29, 1.82) is 0 Å². The number of carboxylic acids is 1. The number of pyridine rings is 1. The third-order valence-electron chi connectivity index (χ3n) is 4.76. The predicted octanol–water partition coefficient (Wildman–Crippen LogP) is 2.33. The first kappa shape index (κ1) is 15.6. The number of rotatable bonds is 2. The lowest BCUT2D eigenvalue weighted by atomic mass is 9.69. The maximum atomic E-state index is 12.7. The maximum Gasteiger partial charge on any atom is 0.354 e. The van der Waals surface area contributed by atoms with Gasteiger partial charge in [0.1, 0.15) is 5.78 Å². The van der Waals surface area contributed by atoms with Crippen molar-refractivity contribution in [2.24, 2.45) is 0 Å². The van der Waals surface area contributed by atoms with Crippen LogP contribution in [0.1, 0.15) is 56.1 Å². The molecule has 0 bridgehead atoms. The molecule has 0 aliphatic carbocycles. The third-order valence-corrected chi connectivity index (χ3v) is 4.76. The number of ketones is 1. The van der Waals surface area contributed by atoms with E-state index in [2.05, 4.69) is 9.88 Å². The van der Waals surface area contributed by atoms with Gasteiger partial charge < -0.3 is 5.11 Å². The summed E-state index contributed by atoms with van der Waals surface area (Å²) in [6.45, 7) is 8.03. The van der Waals surface area contributed by atoms with Gasteiger partial charge in [-0.3, -0.25) is 9.69 Å². The van der Waals surface area contributed by atoms with Crippen LogP contribution >= 0.6 is 0 Å². The molecular weight excluding hydrogens is 268 g/mol. The van der Waals surface area contributed by atoms with Gasteiger partial charge in [0.05, 0.1) is 5.92 Å². The van der Waals surface area contributed by atoms with Crippen molar-refractivity contribution in [3.8, 4) is 0 Å². The number of aromatic nitrogens is 1. The Bertz CT molecular complexity index is 593. The lowest BCUT2D eigenvalue weighted by molar-refractivity contribution is -0.135. The second-order valence-electron chi connectivity index (χ2n) is 6.85. The van der Waals surface area contributed by atoms with Crippen LogP contribution < -0.4 is 0 Å². The molecule has 0 aromatic carbocycles. The van der Waals surface area contributed by atoms with Crippen molar-refractivity contribution in [1.82, 2.24) is 9.88 Å². The summed E-state index contributed by atoms with van der Waals surface area (Å²) in [4.78, 5) is 30.2. The van der Waals surface area contributed by atoms with Gasteiger partial charge in [-0.05, 0) is 46.4 Å². The molecule has 2 heterocycles. The van der Waals surface area contributed by atoms with Gasteiger partial charge in [0.2, 0.25) is 0 Å². The SMILES string of the molecule is CN1C(C)(C)CC(=O)C(c2cccnc2C(=O)O)C1(C)C. The van der Waals surface area contributed by atoms with E-state index in [0.29, 0.717) is 12.0 Å². The molecule has 1 atom stereocenters. The van der Waals surface area contributed by atoms with Gasteiger partial charge in [-0.15, -0.1) is 0 Å². The van der Waals surface area contributed by atoms with Gasteiger partial charge in [0.25, 0.3) is 0 Å². The zero-order valence-electron chi connectivity index (χ0n) is 13.2. The number of hydrogen-bond acceptors (Lipinski definition) is 4. The minimum Gasteiger partial charge on any atom is -0.477 e. The molecule has 1 aliphatic rings. The van der Waals surface area contributed by atoms with Crippen molar-refractivity contribution in [2.75, 3.05) is 7.05 Å². The van der Waals surface area contributed by atoms with Crippen molar-refractivity contribution in [2.45, 2.75) is 51.1 Å². The van der Waals surface area contributed by atoms with Crippen LogP contribution in [-0.2, 0) is 4.79 Å². The highest BCUT2D eigenvalue weighted by Gasteiger charge is 2.51. The summed E-state index contributed by atoms with van der Waals surface area (Å²) in [5, 5.41) is 9.33. The minimum atomic E-state index is -1.10. The molecule has 2 rings (SSSR count). The first-order chi connectivity index (χ1) is 9.59. The van der Waals surface area contributed by atoms with Crippen molar-refractivity contribution in [3.63, 3.8) is 0 Å². The molecule has 1 aliphatic heterocycles. The Labute approximate surface area is 125 Å². The minimum absolute atomic E-state index is 0.0305. The van der Waals surface area contributed by atoms with E-state index >= 15 is 0 Å². The van der Waals surface area contributed by atoms with Gasteiger partial charge in [0.15, 0.2) is 5.69 Å². The van der Waals surface area contributed by atoms with Crippen LogP contribution in [0.25, 0.3) is 0 Å². The number of Topliss-reactive ketones (excluding diaryl/α,β-unsaturated/α-hetero) is 1. The van der Waals surface area contributed by atoms with Crippen LogP contribution in [0.15, 0.2) is 18.3 Å². The number of carbonyl (C=O) groups excluding carboxylic acids is 1. The molecule has 1 fully saturated rings.